The second-order valence-corrected chi connectivity index (χ2v) is 5.71. The number of aryl methyl sites for hydroxylation is 1. The highest BCUT2D eigenvalue weighted by Crippen LogP contribution is 2.32. The first-order valence-electron chi connectivity index (χ1n) is 7.75. The molecule has 2 aromatic carbocycles. The van der Waals surface area contributed by atoms with Gasteiger partial charge in [-0.2, -0.15) is 5.10 Å². The van der Waals surface area contributed by atoms with E-state index < -0.39 is 0 Å². The predicted molar refractivity (Wildman–Crippen MR) is 93.4 cm³/mol. The number of aromatic nitrogens is 2. The summed E-state index contributed by atoms with van der Waals surface area (Å²) in [6.45, 7) is 1.93. The number of nitrogens with zero attached hydrogens (tertiary/aromatic N) is 4. The van der Waals surface area contributed by atoms with Crippen molar-refractivity contribution >= 4 is 17.2 Å². The van der Waals surface area contributed by atoms with Gasteiger partial charge in [0.15, 0.2) is 5.82 Å². The summed E-state index contributed by atoms with van der Waals surface area (Å²) in [5.74, 6) is 0.757. The fourth-order valence-corrected chi connectivity index (χ4v) is 3.04. The second-order valence-electron chi connectivity index (χ2n) is 5.71. The van der Waals surface area contributed by atoms with Crippen molar-refractivity contribution in [2.24, 2.45) is 10.1 Å². The average Bonchev–Trinajstić information content (AvgIpc) is 3.01. The highest BCUT2D eigenvalue weighted by Gasteiger charge is 2.32. The topological polar surface area (TPSA) is 62.8 Å². The molecule has 1 atom stereocenters. The van der Waals surface area contributed by atoms with Crippen LogP contribution in [0.2, 0.25) is 0 Å². The van der Waals surface area contributed by atoms with E-state index in [0.29, 0.717) is 11.4 Å². The minimum Gasteiger partial charge on any atom is -0.411 e. The Morgan fingerprint density at radius 1 is 1.00 bits per heavy atom. The molecule has 24 heavy (non-hydrogen) atoms. The Balaban J connectivity index is 1.96. The number of aliphatic imine (C=N–C) groups is 1. The minimum atomic E-state index is -0.312. The van der Waals surface area contributed by atoms with Gasteiger partial charge in [-0.1, -0.05) is 65.8 Å². The lowest BCUT2D eigenvalue weighted by molar-refractivity contribution is 0.316. The van der Waals surface area contributed by atoms with Crippen LogP contribution < -0.4 is 0 Å². The lowest BCUT2D eigenvalue weighted by Crippen LogP contribution is -2.32. The molecule has 118 valence electrons. The van der Waals surface area contributed by atoms with Crippen molar-refractivity contribution < 1.29 is 5.21 Å². The molecule has 0 amide bonds. The van der Waals surface area contributed by atoms with E-state index in [9.17, 15) is 5.21 Å². The van der Waals surface area contributed by atoms with E-state index in [2.05, 4.69) is 10.3 Å². The van der Waals surface area contributed by atoms with Crippen LogP contribution in [0, 0.1) is 6.92 Å². The van der Waals surface area contributed by atoms with Crippen LogP contribution in [-0.2, 0) is 0 Å². The van der Waals surface area contributed by atoms with Gasteiger partial charge < -0.3 is 5.21 Å². The number of hydrogen-bond acceptors (Lipinski definition) is 4. The summed E-state index contributed by atoms with van der Waals surface area (Å²) >= 11 is 0. The van der Waals surface area contributed by atoms with E-state index >= 15 is 0 Å². The van der Waals surface area contributed by atoms with E-state index in [1.54, 1.807) is 0 Å². The Hall–Kier alpha value is -3.21. The molecule has 1 unspecified atom stereocenters. The van der Waals surface area contributed by atoms with Crippen molar-refractivity contribution in [2.45, 2.75) is 13.0 Å². The molecule has 2 heterocycles. The summed E-state index contributed by atoms with van der Waals surface area (Å²) in [6.07, 6.45) is 0. The van der Waals surface area contributed by atoms with Gasteiger partial charge in [0.1, 0.15) is 17.5 Å². The molecule has 0 radical (unpaired) electrons. The van der Waals surface area contributed by atoms with Crippen molar-refractivity contribution in [1.29, 1.82) is 0 Å². The van der Waals surface area contributed by atoms with E-state index in [4.69, 9.17) is 4.99 Å². The van der Waals surface area contributed by atoms with Crippen LogP contribution >= 0.6 is 0 Å². The molecule has 0 bridgehead atoms. The first-order valence-corrected chi connectivity index (χ1v) is 7.75. The van der Waals surface area contributed by atoms with Crippen LogP contribution in [0.1, 0.15) is 22.9 Å². The zero-order valence-electron chi connectivity index (χ0n) is 13.2. The van der Waals surface area contributed by atoms with E-state index in [1.165, 1.54) is 0 Å². The van der Waals surface area contributed by atoms with Gasteiger partial charge in [-0.15, -0.1) is 0 Å². The van der Waals surface area contributed by atoms with Crippen molar-refractivity contribution in [2.75, 3.05) is 0 Å². The van der Waals surface area contributed by atoms with Gasteiger partial charge in [0.25, 0.3) is 0 Å². The molecule has 1 aliphatic rings. The number of benzene rings is 2. The molecule has 0 aliphatic carbocycles. The van der Waals surface area contributed by atoms with Crippen LogP contribution in [0.5, 0.6) is 0 Å². The van der Waals surface area contributed by atoms with Crippen LogP contribution in [0.3, 0.4) is 0 Å². The highest BCUT2D eigenvalue weighted by atomic mass is 16.4. The SMILES string of the molecule is Cc1cc2n(n1)C(c1ccccc1)/C(=N/O)C(c1ccccc1)=N2. The number of fused-ring (bicyclic) bond motifs is 1. The zero-order valence-corrected chi connectivity index (χ0v) is 13.2. The predicted octanol–water partition coefficient (Wildman–Crippen LogP) is 3.75. The van der Waals surface area contributed by atoms with Crippen molar-refractivity contribution in [3.8, 4) is 0 Å². The summed E-state index contributed by atoms with van der Waals surface area (Å²) in [5, 5.41) is 17.9. The molecule has 0 fully saturated rings. The maximum Gasteiger partial charge on any atom is 0.152 e. The highest BCUT2D eigenvalue weighted by molar-refractivity contribution is 6.50. The normalized spacial score (nSPS) is 18.3. The van der Waals surface area contributed by atoms with Gasteiger partial charge in [0.05, 0.1) is 5.69 Å². The Morgan fingerprint density at radius 3 is 2.33 bits per heavy atom. The fourth-order valence-electron chi connectivity index (χ4n) is 3.04. The summed E-state index contributed by atoms with van der Waals surface area (Å²) in [7, 11) is 0. The first kappa shape index (κ1) is 14.4. The van der Waals surface area contributed by atoms with Crippen molar-refractivity contribution in [3.63, 3.8) is 0 Å². The third kappa shape index (κ3) is 2.31. The Morgan fingerprint density at radius 2 is 1.67 bits per heavy atom. The average molecular weight is 316 g/mol. The first-order chi connectivity index (χ1) is 11.8. The molecule has 0 saturated heterocycles. The summed E-state index contributed by atoms with van der Waals surface area (Å²) in [4.78, 5) is 4.69. The summed E-state index contributed by atoms with van der Waals surface area (Å²) in [5.41, 5.74) is 3.94. The molecule has 5 heteroatoms. The second kappa shape index (κ2) is 5.77. The van der Waals surface area contributed by atoms with Gasteiger partial charge in [0.2, 0.25) is 0 Å². The van der Waals surface area contributed by atoms with Gasteiger partial charge >= 0.3 is 0 Å². The van der Waals surface area contributed by atoms with Crippen LogP contribution in [-0.4, -0.2) is 26.4 Å². The van der Waals surface area contributed by atoms with Crippen molar-refractivity contribution in [3.05, 3.63) is 83.6 Å². The molecule has 3 aromatic rings. The minimum absolute atomic E-state index is 0.312. The van der Waals surface area contributed by atoms with E-state index in [0.717, 1.165) is 22.6 Å². The summed E-state index contributed by atoms with van der Waals surface area (Å²) in [6, 6.07) is 21.3. The molecule has 0 saturated carbocycles. The monoisotopic (exact) mass is 316 g/mol. The largest absolute Gasteiger partial charge is 0.411 e. The summed E-state index contributed by atoms with van der Waals surface area (Å²) < 4.78 is 1.81. The van der Waals surface area contributed by atoms with Gasteiger partial charge in [-0.3, -0.25) is 0 Å². The molecule has 1 aromatic heterocycles. The maximum absolute atomic E-state index is 9.75. The molecule has 1 aliphatic heterocycles. The fraction of sp³-hybridized carbons (Fsp3) is 0.105. The maximum atomic E-state index is 9.75. The van der Waals surface area contributed by atoms with Crippen LogP contribution in [0.4, 0.5) is 5.82 Å². The van der Waals surface area contributed by atoms with E-state index in [-0.39, 0.29) is 6.04 Å². The number of oxime groups is 1. The van der Waals surface area contributed by atoms with Crippen molar-refractivity contribution in [1.82, 2.24) is 9.78 Å². The molecule has 4 rings (SSSR count). The van der Waals surface area contributed by atoms with Crippen LogP contribution in [0.25, 0.3) is 0 Å². The third-order valence-corrected chi connectivity index (χ3v) is 4.08. The Bertz CT molecular complexity index is 927. The molecular formula is C19H16N4O. The lowest BCUT2D eigenvalue weighted by Gasteiger charge is -2.25. The molecule has 0 spiro atoms. The molecular weight excluding hydrogens is 300 g/mol. The standard InChI is InChI=1S/C19H16N4O/c1-13-12-16-20-17(14-8-4-2-5-9-14)18(22-24)19(23(16)21-13)15-10-6-3-7-11-15/h2-12,19,24H,1H3/b22-18+. The molecule has 1 N–H and O–H groups in total. The zero-order chi connectivity index (χ0) is 16.5. The number of hydrogen-bond donors (Lipinski definition) is 1. The van der Waals surface area contributed by atoms with E-state index in [1.807, 2.05) is 78.3 Å². The lowest BCUT2D eigenvalue weighted by atomic mass is 9.94. The Labute approximate surface area is 139 Å². The smallest absolute Gasteiger partial charge is 0.152 e. The van der Waals surface area contributed by atoms with Gasteiger partial charge in [-0.05, 0) is 12.5 Å². The molecule has 5 nitrogen and oxygen atoms in total. The van der Waals surface area contributed by atoms with Crippen LogP contribution in [0.15, 0.2) is 76.9 Å². The number of rotatable bonds is 2. The van der Waals surface area contributed by atoms with Gasteiger partial charge in [0, 0.05) is 11.6 Å². The third-order valence-electron chi connectivity index (χ3n) is 4.08. The quantitative estimate of drug-likeness (QED) is 0.578. The van der Waals surface area contributed by atoms with Gasteiger partial charge in [-0.25, -0.2) is 9.67 Å². The Kier molecular flexibility index (Phi) is 3.46.